The van der Waals surface area contributed by atoms with Crippen LogP contribution in [0.15, 0.2) is 36.0 Å². The van der Waals surface area contributed by atoms with E-state index in [1.807, 2.05) is 31.2 Å². The largest absolute Gasteiger partial charge is 0.409 e. The lowest BCUT2D eigenvalue weighted by Crippen LogP contribution is -2.20. The van der Waals surface area contributed by atoms with Crippen LogP contribution in [-0.4, -0.2) is 30.8 Å². The van der Waals surface area contributed by atoms with Gasteiger partial charge >= 0.3 is 0 Å². The number of aryl methyl sites for hydroxylation is 1. The van der Waals surface area contributed by atoms with E-state index in [0.29, 0.717) is 6.61 Å². The minimum absolute atomic E-state index is 0.128. The first-order chi connectivity index (χ1) is 9.69. The van der Waals surface area contributed by atoms with Gasteiger partial charge in [0.2, 0.25) is 0 Å². The zero-order valence-electron chi connectivity index (χ0n) is 11.9. The summed E-state index contributed by atoms with van der Waals surface area (Å²) < 4.78 is 5.41. The summed E-state index contributed by atoms with van der Waals surface area (Å²) in [6.45, 7) is 8.63. The number of nitrogens with one attached hydrogen (secondary N) is 1. The Balaban J connectivity index is 2.36. The Hall–Kier alpha value is -1.85. The third-order valence-electron chi connectivity index (χ3n) is 2.95. The van der Waals surface area contributed by atoms with Crippen molar-refractivity contribution < 1.29 is 9.94 Å². The van der Waals surface area contributed by atoms with Crippen LogP contribution in [0.1, 0.15) is 23.1 Å². The highest BCUT2D eigenvalue weighted by molar-refractivity contribution is 5.97. The Kier molecular flexibility index (Phi) is 7.39. The molecule has 0 fully saturated rings. The maximum absolute atomic E-state index is 8.64. The molecule has 1 rings (SSSR count). The number of nitrogens with two attached hydrogens (primary N) is 1. The number of nitrogens with zero attached hydrogens (tertiary/aromatic N) is 1. The molecule has 0 aromatic heterocycles. The average Bonchev–Trinajstić information content (AvgIpc) is 2.46. The first kappa shape index (κ1) is 16.2. The Morgan fingerprint density at radius 1 is 1.50 bits per heavy atom. The van der Waals surface area contributed by atoms with Gasteiger partial charge < -0.3 is 21.0 Å². The van der Waals surface area contributed by atoms with Gasteiger partial charge in [0, 0.05) is 18.7 Å². The second kappa shape index (κ2) is 9.12. The molecule has 4 N–H and O–H groups in total. The van der Waals surface area contributed by atoms with Crippen molar-refractivity contribution in [1.82, 2.24) is 5.32 Å². The molecule has 1 aromatic carbocycles. The van der Waals surface area contributed by atoms with Gasteiger partial charge in [-0.25, -0.2) is 0 Å². The molecule has 0 bridgehead atoms. The minimum atomic E-state index is 0.128. The predicted molar refractivity (Wildman–Crippen MR) is 81.0 cm³/mol. The lowest BCUT2D eigenvalue weighted by molar-refractivity contribution is 0.140. The van der Waals surface area contributed by atoms with E-state index in [2.05, 4.69) is 17.1 Å². The molecule has 0 heterocycles. The van der Waals surface area contributed by atoms with Gasteiger partial charge in [-0.05, 0) is 30.5 Å². The molecule has 0 aliphatic heterocycles. The molecule has 0 aliphatic rings. The number of hydrogen-bond acceptors (Lipinski definition) is 4. The molecule has 0 amide bonds. The number of amidine groups is 1. The summed E-state index contributed by atoms with van der Waals surface area (Å²) >= 11 is 0. The first-order valence-corrected chi connectivity index (χ1v) is 6.65. The summed E-state index contributed by atoms with van der Waals surface area (Å²) in [4.78, 5) is 0. The molecule has 0 saturated carbocycles. The number of hydrogen-bond donors (Lipinski definition) is 3. The summed E-state index contributed by atoms with van der Waals surface area (Å²) in [5, 5.41) is 15.0. The zero-order valence-corrected chi connectivity index (χ0v) is 11.9. The van der Waals surface area contributed by atoms with Gasteiger partial charge in [0.05, 0.1) is 13.2 Å². The molecule has 20 heavy (non-hydrogen) atoms. The van der Waals surface area contributed by atoms with Crippen molar-refractivity contribution in [3.05, 3.63) is 47.5 Å². The standard InChI is InChI=1S/C15H23N3O2/c1-3-4-8-20-9-7-17-11-14-6-5-13(10-12(14)2)15(16)18-19/h3,5-6,10,17,19H,1,4,7-9,11H2,2H3,(H2,16,18). The summed E-state index contributed by atoms with van der Waals surface area (Å²) in [6, 6.07) is 5.74. The van der Waals surface area contributed by atoms with Crippen LogP contribution in [-0.2, 0) is 11.3 Å². The fourth-order valence-corrected chi connectivity index (χ4v) is 1.75. The normalized spacial score (nSPS) is 11.6. The second-order valence-corrected chi connectivity index (χ2v) is 4.49. The number of oxime groups is 1. The molecule has 0 saturated heterocycles. The molecule has 5 heteroatoms. The maximum Gasteiger partial charge on any atom is 0.170 e. The predicted octanol–water partition coefficient (Wildman–Crippen LogP) is 1.77. The summed E-state index contributed by atoms with van der Waals surface area (Å²) in [5.41, 5.74) is 8.57. The third kappa shape index (κ3) is 5.42. The molecule has 0 atom stereocenters. The van der Waals surface area contributed by atoms with Crippen molar-refractivity contribution in [1.29, 1.82) is 0 Å². The molecule has 1 aromatic rings. The Bertz CT molecular complexity index is 458. The van der Waals surface area contributed by atoms with E-state index in [0.717, 1.165) is 37.2 Å². The first-order valence-electron chi connectivity index (χ1n) is 6.65. The highest BCUT2D eigenvalue weighted by Gasteiger charge is 2.03. The number of ether oxygens (including phenoxy) is 1. The van der Waals surface area contributed by atoms with Crippen molar-refractivity contribution in [3.63, 3.8) is 0 Å². The summed E-state index contributed by atoms with van der Waals surface area (Å²) in [6.07, 6.45) is 2.73. The van der Waals surface area contributed by atoms with E-state index in [-0.39, 0.29) is 5.84 Å². The van der Waals surface area contributed by atoms with Crippen LogP contribution in [0.5, 0.6) is 0 Å². The lowest BCUT2D eigenvalue weighted by Gasteiger charge is -2.09. The Morgan fingerprint density at radius 2 is 2.30 bits per heavy atom. The van der Waals surface area contributed by atoms with E-state index in [1.54, 1.807) is 0 Å². The molecular formula is C15H23N3O2. The quantitative estimate of drug-likeness (QED) is 0.160. The lowest BCUT2D eigenvalue weighted by atomic mass is 10.0. The van der Waals surface area contributed by atoms with Crippen molar-refractivity contribution in [2.75, 3.05) is 19.8 Å². The van der Waals surface area contributed by atoms with Crippen LogP contribution in [0.3, 0.4) is 0 Å². The van der Waals surface area contributed by atoms with Gasteiger partial charge in [-0.3, -0.25) is 0 Å². The summed E-state index contributed by atoms with van der Waals surface area (Å²) in [5.74, 6) is 0.128. The van der Waals surface area contributed by atoms with Gasteiger partial charge in [-0.15, -0.1) is 6.58 Å². The van der Waals surface area contributed by atoms with E-state index in [4.69, 9.17) is 15.7 Å². The van der Waals surface area contributed by atoms with E-state index in [1.165, 1.54) is 5.56 Å². The van der Waals surface area contributed by atoms with Crippen LogP contribution in [0, 0.1) is 6.92 Å². The summed E-state index contributed by atoms with van der Waals surface area (Å²) in [7, 11) is 0. The molecule has 0 unspecified atom stereocenters. The van der Waals surface area contributed by atoms with Gasteiger partial charge in [-0.1, -0.05) is 23.4 Å². The molecular weight excluding hydrogens is 254 g/mol. The zero-order chi connectivity index (χ0) is 14.8. The van der Waals surface area contributed by atoms with E-state index in [9.17, 15) is 0 Å². The van der Waals surface area contributed by atoms with Crippen LogP contribution >= 0.6 is 0 Å². The Morgan fingerprint density at radius 3 is 2.95 bits per heavy atom. The van der Waals surface area contributed by atoms with Gasteiger partial charge in [-0.2, -0.15) is 0 Å². The monoisotopic (exact) mass is 277 g/mol. The molecule has 0 spiro atoms. The third-order valence-corrected chi connectivity index (χ3v) is 2.95. The molecule has 0 aliphatic carbocycles. The van der Waals surface area contributed by atoms with E-state index < -0.39 is 0 Å². The minimum Gasteiger partial charge on any atom is -0.409 e. The second-order valence-electron chi connectivity index (χ2n) is 4.49. The highest BCUT2D eigenvalue weighted by Crippen LogP contribution is 2.10. The fraction of sp³-hybridized carbons (Fsp3) is 0.400. The van der Waals surface area contributed by atoms with E-state index >= 15 is 0 Å². The van der Waals surface area contributed by atoms with Gasteiger partial charge in [0.15, 0.2) is 5.84 Å². The molecule has 110 valence electrons. The van der Waals surface area contributed by atoms with Crippen LogP contribution in [0.2, 0.25) is 0 Å². The van der Waals surface area contributed by atoms with Gasteiger partial charge in [0.1, 0.15) is 0 Å². The van der Waals surface area contributed by atoms with Crippen molar-refractivity contribution in [3.8, 4) is 0 Å². The Labute approximate surface area is 120 Å². The van der Waals surface area contributed by atoms with Gasteiger partial charge in [0.25, 0.3) is 0 Å². The smallest absolute Gasteiger partial charge is 0.170 e. The topological polar surface area (TPSA) is 79.9 Å². The van der Waals surface area contributed by atoms with Crippen molar-refractivity contribution in [2.24, 2.45) is 10.9 Å². The van der Waals surface area contributed by atoms with Crippen LogP contribution < -0.4 is 11.1 Å². The SMILES string of the molecule is C=CCCOCCNCc1ccc(/C(N)=N/O)cc1C. The maximum atomic E-state index is 8.64. The molecule has 5 nitrogen and oxygen atoms in total. The number of rotatable bonds is 9. The molecule has 0 radical (unpaired) electrons. The fourth-order valence-electron chi connectivity index (χ4n) is 1.75. The van der Waals surface area contributed by atoms with Crippen LogP contribution in [0.4, 0.5) is 0 Å². The van der Waals surface area contributed by atoms with Crippen LogP contribution in [0.25, 0.3) is 0 Å². The average molecular weight is 277 g/mol. The number of benzene rings is 1. The van der Waals surface area contributed by atoms with Crippen molar-refractivity contribution in [2.45, 2.75) is 19.9 Å². The highest BCUT2D eigenvalue weighted by atomic mass is 16.5. The van der Waals surface area contributed by atoms with Crippen molar-refractivity contribution >= 4 is 5.84 Å².